The Morgan fingerprint density at radius 1 is 1.02 bits per heavy atom. The average molecular weight is 778 g/mol. The largest absolute Gasteiger partial charge is 0.497 e. The molecule has 1 aromatic carbocycles. The number of methoxy groups -OCH3 is 1. The summed E-state index contributed by atoms with van der Waals surface area (Å²) in [5.74, 6) is -1.14. The van der Waals surface area contributed by atoms with Gasteiger partial charge in [-0.3, -0.25) is 23.9 Å². The van der Waals surface area contributed by atoms with Crippen LogP contribution in [0.1, 0.15) is 96.1 Å². The lowest BCUT2D eigenvalue weighted by Crippen LogP contribution is -2.57. The Balaban J connectivity index is 1.07. The van der Waals surface area contributed by atoms with Gasteiger partial charge in [-0.2, -0.15) is 0 Å². The zero-order valence-corrected chi connectivity index (χ0v) is 32.6. The Labute approximate surface area is 321 Å². The van der Waals surface area contributed by atoms with Crippen molar-refractivity contribution in [2.75, 3.05) is 13.7 Å². The van der Waals surface area contributed by atoms with Gasteiger partial charge in [-0.15, -0.1) is 0 Å². The molecule has 3 heterocycles. The number of nitrogens with one attached hydrogen (secondary N) is 2. The van der Waals surface area contributed by atoms with Gasteiger partial charge < -0.3 is 24.4 Å². The highest BCUT2D eigenvalue weighted by Gasteiger charge is 2.63. The van der Waals surface area contributed by atoms with Gasteiger partial charge in [-0.05, 0) is 95.6 Å². The number of aromatic nitrogens is 2. The van der Waals surface area contributed by atoms with Crippen LogP contribution >= 0.6 is 0 Å². The minimum absolute atomic E-state index is 0.0288. The van der Waals surface area contributed by atoms with Gasteiger partial charge in [-0.1, -0.05) is 25.0 Å². The number of nitrogens with zero attached hydrogens (tertiary/aromatic N) is 3. The molecule has 2 aromatic rings. The highest BCUT2D eigenvalue weighted by molar-refractivity contribution is 7.91. The molecule has 4 saturated carbocycles. The molecule has 3 amide bonds. The fourth-order valence-electron chi connectivity index (χ4n) is 8.77. The van der Waals surface area contributed by atoms with Crippen LogP contribution in [0.3, 0.4) is 0 Å². The number of ether oxygens (including phenoxy) is 3. The van der Waals surface area contributed by atoms with E-state index in [0.717, 1.165) is 32.1 Å². The van der Waals surface area contributed by atoms with Crippen molar-refractivity contribution in [2.45, 2.75) is 126 Å². The number of sulfonamides is 1. The van der Waals surface area contributed by atoms with Gasteiger partial charge in [0.2, 0.25) is 27.7 Å². The van der Waals surface area contributed by atoms with Crippen LogP contribution in [-0.2, 0) is 33.9 Å². The van der Waals surface area contributed by atoms with E-state index in [2.05, 4.69) is 15.0 Å². The predicted molar refractivity (Wildman–Crippen MR) is 200 cm³/mol. The standard InChI is InChI=1S/C40H51N5O9S/c1-23-36(42-32-19-28(52-3)11-12-31(32)41-23)54-30-20-33-35(47)43-40(38(49)44-55(50,51)39(2)13-14-39)21-27(40)10-8-6-4-5-7-9-24(37(48)45(33)22-30)18-34(46)53-29-16-25-15-26(25)17-29/h8,10-12,19,24-27,29-30,33H,4-7,9,13-18,20-22H2,1-3H3,(H,43,47)(H,44,49)/b10-8-/t24-,25-,26+,27-,29?,30-,33+,40-/m1/s1. The van der Waals surface area contributed by atoms with Crippen LogP contribution in [0, 0.1) is 30.6 Å². The van der Waals surface area contributed by atoms with Crippen LogP contribution in [0.5, 0.6) is 11.6 Å². The summed E-state index contributed by atoms with van der Waals surface area (Å²) in [7, 11) is -2.42. The molecule has 5 fully saturated rings. The topological polar surface area (TPSA) is 183 Å². The summed E-state index contributed by atoms with van der Waals surface area (Å²) in [6.45, 7) is 3.40. The third kappa shape index (κ3) is 7.65. The minimum atomic E-state index is -3.98. The van der Waals surface area contributed by atoms with Crippen molar-refractivity contribution in [3.63, 3.8) is 0 Å². The van der Waals surface area contributed by atoms with E-state index in [4.69, 9.17) is 19.2 Å². The molecule has 4 aliphatic carbocycles. The smallest absolute Gasteiger partial charge is 0.306 e. The highest BCUT2D eigenvalue weighted by Crippen LogP contribution is 2.53. The number of rotatable bonds is 9. The van der Waals surface area contributed by atoms with E-state index >= 15 is 0 Å². The summed E-state index contributed by atoms with van der Waals surface area (Å²) in [6.07, 6.45) is 10.6. The monoisotopic (exact) mass is 777 g/mol. The lowest BCUT2D eigenvalue weighted by molar-refractivity contribution is -0.154. The molecule has 1 unspecified atom stereocenters. The molecule has 15 heteroatoms. The maximum Gasteiger partial charge on any atom is 0.306 e. The first-order valence-corrected chi connectivity index (χ1v) is 21.3. The molecule has 296 valence electrons. The molecule has 6 aliphatic rings. The van der Waals surface area contributed by atoms with E-state index in [1.807, 2.05) is 12.2 Å². The Morgan fingerprint density at radius 3 is 2.55 bits per heavy atom. The molecule has 14 nitrogen and oxygen atoms in total. The third-order valence-electron chi connectivity index (χ3n) is 12.8. The highest BCUT2D eigenvalue weighted by atomic mass is 32.2. The van der Waals surface area contributed by atoms with E-state index < -0.39 is 62.1 Å². The van der Waals surface area contributed by atoms with Gasteiger partial charge in [-0.25, -0.2) is 18.4 Å². The molecule has 1 aromatic heterocycles. The van der Waals surface area contributed by atoms with Gasteiger partial charge in [0.25, 0.3) is 5.91 Å². The first-order chi connectivity index (χ1) is 26.3. The van der Waals surface area contributed by atoms with Crippen LogP contribution in [0.15, 0.2) is 30.4 Å². The first-order valence-electron chi connectivity index (χ1n) is 19.8. The minimum Gasteiger partial charge on any atom is -0.497 e. The zero-order chi connectivity index (χ0) is 38.7. The van der Waals surface area contributed by atoms with Crippen LogP contribution in [0.4, 0.5) is 0 Å². The second kappa shape index (κ2) is 14.3. The Hall–Kier alpha value is -4.27. The molecule has 0 radical (unpaired) electrons. The number of carbonyl (C=O) groups excluding carboxylic acids is 4. The van der Waals surface area contributed by atoms with Crippen molar-refractivity contribution in [3.8, 4) is 11.6 Å². The van der Waals surface area contributed by atoms with Gasteiger partial charge >= 0.3 is 5.97 Å². The second-order valence-corrected chi connectivity index (χ2v) is 19.1. The van der Waals surface area contributed by atoms with Crippen molar-refractivity contribution >= 4 is 44.7 Å². The number of amides is 3. The number of esters is 1. The number of carbonyl (C=O) groups is 4. The zero-order valence-electron chi connectivity index (χ0n) is 31.8. The Morgan fingerprint density at radius 2 is 1.80 bits per heavy atom. The molecule has 55 heavy (non-hydrogen) atoms. The Kier molecular flexibility index (Phi) is 9.82. The van der Waals surface area contributed by atoms with E-state index in [1.54, 1.807) is 39.2 Å². The molecular weight excluding hydrogens is 727 g/mol. The fourth-order valence-corrected chi connectivity index (χ4v) is 10.1. The third-order valence-corrected chi connectivity index (χ3v) is 14.9. The summed E-state index contributed by atoms with van der Waals surface area (Å²) in [5, 5.41) is 2.92. The van der Waals surface area contributed by atoms with Crippen molar-refractivity contribution in [1.29, 1.82) is 0 Å². The predicted octanol–water partition coefficient (Wildman–Crippen LogP) is 4.04. The number of allylic oxidation sites excluding steroid dienone is 1. The normalized spacial score (nSPS) is 33.1. The molecule has 2 N–H and O–H groups in total. The number of fused-ring (bicyclic) bond motifs is 4. The molecule has 8 atom stereocenters. The van der Waals surface area contributed by atoms with Crippen molar-refractivity contribution in [1.82, 2.24) is 24.9 Å². The SMILES string of the molecule is COc1ccc2nc(C)c(O[C@@H]3C[C@H]4C(=O)N[C@]5(C(=O)NS(=O)(=O)C6(C)CC6)C[C@H]5/C=C\CCCCC[C@H](CC(=O)OC5C[C@@H]6C[C@@H]6C5)C(=O)N4C3)nc2c1. The fraction of sp³-hybridized carbons (Fsp3) is 0.650. The van der Waals surface area contributed by atoms with E-state index in [1.165, 1.54) is 11.3 Å². The van der Waals surface area contributed by atoms with E-state index in [9.17, 15) is 27.6 Å². The molecule has 2 aliphatic heterocycles. The number of hydrogen-bond donors (Lipinski definition) is 2. The first kappa shape index (κ1) is 37.6. The lowest BCUT2D eigenvalue weighted by atomic mass is 9.95. The summed E-state index contributed by atoms with van der Waals surface area (Å²) in [6, 6.07) is 4.28. The van der Waals surface area contributed by atoms with Crippen molar-refractivity contribution in [2.24, 2.45) is 23.7 Å². The van der Waals surface area contributed by atoms with E-state index in [-0.39, 0.29) is 43.7 Å². The van der Waals surface area contributed by atoms with Crippen molar-refractivity contribution in [3.05, 3.63) is 36.0 Å². The second-order valence-electron chi connectivity index (χ2n) is 16.9. The molecule has 0 spiro atoms. The van der Waals surface area contributed by atoms with Crippen LogP contribution in [0.2, 0.25) is 0 Å². The van der Waals surface area contributed by atoms with Gasteiger partial charge in [0.05, 0.1) is 35.9 Å². The number of benzene rings is 1. The van der Waals surface area contributed by atoms with E-state index in [0.29, 0.717) is 60.0 Å². The van der Waals surface area contributed by atoms with Crippen LogP contribution < -0.4 is 19.5 Å². The number of aryl methyl sites for hydroxylation is 1. The van der Waals surface area contributed by atoms with Gasteiger partial charge in [0, 0.05) is 24.3 Å². The summed E-state index contributed by atoms with van der Waals surface area (Å²) >= 11 is 0. The lowest BCUT2D eigenvalue weighted by Gasteiger charge is -2.29. The van der Waals surface area contributed by atoms with Crippen molar-refractivity contribution < 1.29 is 41.8 Å². The maximum atomic E-state index is 14.6. The average Bonchev–Trinajstić information content (AvgIpc) is 4.10. The maximum absolute atomic E-state index is 14.6. The molecule has 1 saturated heterocycles. The summed E-state index contributed by atoms with van der Waals surface area (Å²) in [4.78, 5) is 67.1. The molecule has 8 rings (SSSR count). The summed E-state index contributed by atoms with van der Waals surface area (Å²) in [5.41, 5.74) is 0.232. The Bertz CT molecular complexity index is 2030. The quantitative estimate of drug-likeness (QED) is 0.277. The summed E-state index contributed by atoms with van der Waals surface area (Å²) < 4.78 is 45.2. The van der Waals surface area contributed by atoms with Gasteiger partial charge in [0.15, 0.2) is 0 Å². The number of hydrogen-bond acceptors (Lipinski definition) is 11. The van der Waals surface area contributed by atoms with Crippen LogP contribution in [0.25, 0.3) is 11.0 Å². The van der Waals surface area contributed by atoms with Gasteiger partial charge in [0.1, 0.15) is 35.2 Å². The molecule has 0 bridgehead atoms. The molecular formula is C40H51N5O9S. The van der Waals surface area contributed by atoms with Crippen LogP contribution in [-0.4, -0.2) is 89.2 Å².